The van der Waals surface area contributed by atoms with Gasteiger partial charge in [0.15, 0.2) is 22.9 Å². The molecule has 0 amide bonds. The fourth-order valence-electron chi connectivity index (χ4n) is 2.32. The van der Waals surface area contributed by atoms with Crippen LogP contribution >= 0.6 is 0 Å². The molecule has 0 radical (unpaired) electrons. The minimum atomic E-state index is 0.377. The topological polar surface area (TPSA) is 123 Å². The molecule has 0 aliphatic carbocycles. The standard InChI is InChI=1S/C15H19N9/c1-4-18-12-5-6-19-15-11(8-20-24(12)15)21-13-9(16)7-10(17)14(22-13)23(2)3/h5-8H,4,16-17H2,1-3H3. The van der Waals surface area contributed by atoms with Gasteiger partial charge in [0.25, 0.3) is 0 Å². The smallest absolute Gasteiger partial charge is 0.183 e. The predicted molar refractivity (Wildman–Crippen MR) is 95.8 cm³/mol. The van der Waals surface area contributed by atoms with E-state index in [0.29, 0.717) is 41.1 Å². The average molecular weight is 325 g/mol. The SMILES string of the molecule is CCN=c1ccnc2n1N=CC2=Nc1nc(N(C)C)c(N)cc1N. The fourth-order valence-corrected chi connectivity index (χ4v) is 2.32. The van der Waals surface area contributed by atoms with Crippen molar-refractivity contribution in [1.29, 1.82) is 0 Å². The first-order valence-corrected chi connectivity index (χ1v) is 7.46. The Morgan fingerprint density at radius 2 is 2.04 bits per heavy atom. The van der Waals surface area contributed by atoms with Gasteiger partial charge in [0, 0.05) is 32.9 Å². The summed E-state index contributed by atoms with van der Waals surface area (Å²) in [5.74, 6) is 1.57. The van der Waals surface area contributed by atoms with Crippen LogP contribution in [0.1, 0.15) is 12.7 Å². The van der Waals surface area contributed by atoms with Gasteiger partial charge in [-0.3, -0.25) is 4.99 Å². The lowest BCUT2D eigenvalue weighted by atomic mass is 10.3. The summed E-state index contributed by atoms with van der Waals surface area (Å²) in [7, 11) is 3.71. The summed E-state index contributed by atoms with van der Waals surface area (Å²) in [6.45, 7) is 2.62. The van der Waals surface area contributed by atoms with Crippen LogP contribution in [0.15, 0.2) is 33.4 Å². The van der Waals surface area contributed by atoms with E-state index < -0.39 is 0 Å². The highest BCUT2D eigenvalue weighted by Crippen LogP contribution is 2.29. The first-order chi connectivity index (χ1) is 11.5. The Balaban J connectivity index is 2.11. The molecule has 1 aliphatic rings. The van der Waals surface area contributed by atoms with Gasteiger partial charge in [-0.2, -0.15) is 9.78 Å². The van der Waals surface area contributed by atoms with Crippen molar-refractivity contribution in [2.75, 3.05) is 37.0 Å². The summed E-state index contributed by atoms with van der Waals surface area (Å²) in [6.07, 6.45) is 3.29. The summed E-state index contributed by atoms with van der Waals surface area (Å²) in [6, 6.07) is 3.45. The molecule has 0 aromatic carbocycles. The number of fused-ring (bicyclic) bond motifs is 1. The Morgan fingerprint density at radius 3 is 2.75 bits per heavy atom. The maximum absolute atomic E-state index is 6.01. The largest absolute Gasteiger partial charge is 0.396 e. The van der Waals surface area contributed by atoms with Gasteiger partial charge in [-0.15, -0.1) is 0 Å². The number of hydrogen-bond donors (Lipinski definition) is 2. The lowest BCUT2D eigenvalue weighted by molar-refractivity contribution is 0.766. The minimum Gasteiger partial charge on any atom is -0.396 e. The van der Waals surface area contributed by atoms with Gasteiger partial charge in [0.2, 0.25) is 0 Å². The number of rotatable bonds is 3. The second-order valence-corrected chi connectivity index (χ2v) is 5.36. The van der Waals surface area contributed by atoms with E-state index in [1.54, 1.807) is 34.1 Å². The van der Waals surface area contributed by atoms with Gasteiger partial charge in [0.1, 0.15) is 5.71 Å². The third-order valence-corrected chi connectivity index (χ3v) is 3.37. The van der Waals surface area contributed by atoms with Crippen LogP contribution in [-0.2, 0) is 0 Å². The Hall–Kier alpha value is -3.23. The summed E-state index contributed by atoms with van der Waals surface area (Å²) in [4.78, 5) is 19.5. The molecular formula is C15H19N9. The molecule has 9 heteroatoms. The second kappa shape index (κ2) is 6.11. The first kappa shape index (κ1) is 15.7. The molecule has 0 saturated heterocycles. The van der Waals surface area contributed by atoms with E-state index >= 15 is 0 Å². The number of nitrogens with zero attached hydrogens (tertiary/aromatic N) is 7. The van der Waals surface area contributed by atoms with E-state index in [-0.39, 0.29) is 0 Å². The van der Waals surface area contributed by atoms with Gasteiger partial charge in [-0.05, 0) is 13.0 Å². The van der Waals surface area contributed by atoms with Crippen LogP contribution in [0.4, 0.5) is 23.0 Å². The first-order valence-electron chi connectivity index (χ1n) is 7.46. The second-order valence-electron chi connectivity index (χ2n) is 5.36. The quantitative estimate of drug-likeness (QED) is 0.845. The fraction of sp³-hybridized carbons (Fsp3) is 0.267. The van der Waals surface area contributed by atoms with Crippen LogP contribution in [0.2, 0.25) is 0 Å². The van der Waals surface area contributed by atoms with Crippen molar-refractivity contribution < 1.29 is 0 Å². The number of aromatic nitrogens is 3. The predicted octanol–water partition coefficient (Wildman–Crippen LogP) is 0.397. The van der Waals surface area contributed by atoms with E-state index in [2.05, 4.69) is 25.1 Å². The third kappa shape index (κ3) is 2.71. The van der Waals surface area contributed by atoms with E-state index in [9.17, 15) is 0 Å². The molecular weight excluding hydrogens is 306 g/mol. The molecule has 0 fully saturated rings. The van der Waals surface area contributed by atoms with E-state index in [1.807, 2.05) is 21.0 Å². The van der Waals surface area contributed by atoms with E-state index in [0.717, 1.165) is 5.49 Å². The zero-order valence-corrected chi connectivity index (χ0v) is 13.8. The van der Waals surface area contributed by atoms with Crippen molar-refractivity contribution >= 4 is 34.9 Å². The Labute approximate surface area is 139 Å². The summed E-state index contributed by atoms with van der Waals surface area (Å²) in [5.41, 5.74) is 14.1. The van der Waals surface area contributed by atoms with Crippen LogP contribution < -0.4 is 21.9 Å². The molecule has 0 bridgehead atoms. The van der Waals surface area contributed by atoms with Gasteiger partial charge in [-0.25, -0.2) is 15.0 Å². The zero-order valence-electron chi connectivity index (χ0n) is 13.8. The van der Waals surface area contributed by atoms with Gasteiger partial charge in [-0.1, -0.05) is 0 Å². The van der Waals surface area contributed by atoms with Crippen LogP contribution in [0.25, 0.3) is 0 Å². The highest BCUT2D eigenvalue weighted by molar-refractivity contribution is 6.39. The molecule has 24 heavy (non-hydrogen) atoms. The number of aliphatic imine (C=N–C) groups is 1. The van der Waals surface area contributed by atoms with Gasteiger partial charge in [0.05, 0.1) is 17.6 Å². The zero-order chi connectivity index (χ0) is 17.3. The minimum absolute atomic E-state index is 0.377. The molecule has 4 N–H and O–H groups in total. The number of nitrogens with two attached hydrogens (primary N) is 2. The van der Waals surface area contributed by atoms with Crippen molar-refractivity contribution in [3.8, 4) is 0 Å². The molecule has 124 valence electrons. The Bertz CT molecular complexity index is 906. The number of nitrogen functional groups attached to an aromatic ring is 2. The Morgan fingerprint density at radius 1 is 1.25 bits per heavy atom. The lowest BCUT2D eigenvalue weighted by Gasteiger charge is -2.15. The number of pyridine rings is 1. The number of anilines is 3. The highest BCUT2D eigenvalue weighted by Gasteiger charge is 2.17. The van der Waals surface area contributed by atoms with Crippen LogP contribution in [0.3, 0.4) is 0 Å². The Kier molecular flexibility index (Phi) is 3.98. The number of hydrogen-bond acceptors (Lipinski definition) is 8. The van der Waals surface area contributed by atoms with Crippen LogP contribution in [-0.4, -0.2) is 47.2 Å². The summed E-state index contributed by atoms with van der Waals surface area (Å²) in [5, 5.41) is 4.30. The summed E-state index contributed by atoms with van der Waals surface area (Å²) >= 11 is 0. The monoisotopic (exact) mass is 325 g/mol. The molecule has 0 spiro atoms. The van der Waals surface area contributed by atoms with E-state index in [4.69, 9.17) is 11.5 Å². The van der Waals surface area contributed by atoms with Crippen molar-refractivity contribution in [2.45, 2.75) is 6.92 Å². The van der Waals surface area contributed by atoms with Crippen molar-refractivity contribution in [3.05, 3.63) is 29.6 Å². The van der Waals surface area contributed by atoms with Gasteiger partial charge < -0.3 is 16.4 Å². The molecule has 2 aromatic rings. The molecule has 0 atom stereocenters. The average Bonchev–Trinajstić information content (AvgIpc) is 2.94. The normalized spacial score (nSPS) is 15.1. The maximum Gasteiger partial charge on any atom is 0.183 e. The molecule has 0 saturated carbocycles. The third-order valence-electron chi connectivity index (χ3n) is 3.37. The van der Waals surface area contributed by atoms with Gasteiger partial charge >= 0.3 is 0 Å². The summed E-state index contributed by atoms with van der Waals surface area (Å²) < 4.78 is 1.64. The maximum atomic E-state index is 6.01. The van der Waals surface area contributed by atoms with E-state index in [1.165, 1.54) is 0 Å². The molecule has 1 aliphatic heterocycles. The van der Waals surface area contributed by atoms with Crippen LogP contribution in [0, 0.1) is 0 Å². The van der Waals surface area contributed by atoms with Crippen LogP contribution in [0.5, 0.6) is 0 Å². The molecule has 3 heterocycles. The highest BCUT2D eigenvalue weighted by atomic mass is 15.4. The molecule has 2 aromatic heterocycles. The molecule has 0 unspecified atom stereocenters. The molecule has 3 rings (SSSR count). The van der Waals surface area contributed by atoms with Crippen molar-refractivity contribution in [2.24, 2.45) is 15.1 Å². The molecule has 9 nitrogen and oxygen atoms in total. The van der Waals surface area contributed by atoms with Crippen molar-refractivity contribution in [1.82, 2.24) is 14.6 Å². The lowest BCUT2D eigenvalue weighted by Crippen LogP contribution is -2.21. The van der Waals surface area contributed by atoms with Crippen molar-refractivity contribution in [3.63, 3.8) is 0 Å².